The molecule has 0 aromatic heterocycles. The second-order valence-electron chi connectivity index (χ2n) is 6.38. The van der Waals surface area contributed by atoms with Gasteiger partial charge in [-0.15, -0.1) is 0 Å². The van der Waals surface area contributed by atoms with Crippen LogP contribution >= 0.6 is 0 Å². The van der Waals surface area contributed by atoms with Crippen molar-refractivity contribution in [3.05, 3.63) is 35.9 Å². The number of aliphatic hydroxyl groups is 1. The molecule has 2 fully saturated rings. The van der Waals surface area contributed by atoms with Crippen LogP contribution in [0.15, 0.2) is 30.3 Å². The fourth-order valence-electron chi connectivity index (χ4n) is 3.79. The van der Waals surface area contributed by atoms with Crippen LogP contribution in [0.3, 0.4) is 0 Å². The van der Waals surface area contributed by atoms with Crippen molar-refractivity contribution in [1.82, 2.24) is 0 Å². The first-order chi connectivity index (χ1) is 10.3. The molecule has 3 nitrogen and oxygen atoms in total. The van der Waals surface area contributed by atoms with Crippen molar-refractivity contribution in [3.8, 4) is 0 Å². The first-order valence-electron chi connectivity index (χ1n) is 8.19. The molecule has 21 heavy (non-hydrogen) atoms. The van der Waals surface area contributed by atoms with E-state index in [4.69, 9.17) is 4.74 Å². The summed E-state index contributed by atoms with van der Waals surface area (Å²) < 4.78 is 5.65. The topological polar surface area (TPSA) is 46.5 Å². The molecule has 1 N–H and O–H groups in total. The third-order valence-corrected chi connectivity index (χ3v) is 4.98. The summed E-state index contributed by atoms with van der Waals surface area (Å²) in [6, 6.07) is 10.3. The molecule has 0 amide bonds. The summed E-state index contributed by atoms with van der Waals surface area (Å²) in [5.41, 5.74) is 1.24. The molecule has 114 valence electrons. The zero-order valence-electron chi connectivity index (χ0n) is 12.4. The van der Waals surface area contributed by atoms with Crippen LogP contribution in [0, 0.1) is 5.92 Å². The lowest BCUT2D eigenvalue weighted by Gasteiger charge is -2.29. The number of benzene rings is 1. The Morgan fingerprint density at radius 1 is 1.00 bits per heavy atom. The summed E-state index contributed by atoms with van der Waals surface area (Å²) in [6.45, 7) is 0. The molecule has 1 aromatic carbocycles. The first-order valence-corrected chi connectivity index (χ1v) is 8.19. The highest BCUT2D eigenvalue weighted by Gasteiger charge is 2.37. The van der Waals surface area contributed by atoms with Crippen LogP contribution in [0.2, 0.25) is 0 Å². The Bertz CT molecular complexity index is 471. The predicted octanol–water partition coefficient (Wildman–Crippen LogP) is 3.42. The predicted molar refractivity (Wildman–Crippen MR) is 80.9 cm³/mol. The van der Waals surface area contributed by atoms with Crippen LogP contribution in [-0.4, -0.2) is 23.3 Å². The van der Waals surface area contributed by atoms with E-state index in [1.165, 1.54) is 5.56 Å². The van der Waals surface area contributed by atoms with Gasteiger partial charge in [0.25, 0.3) is 0 Å². The first kappa shape index (κ1) is 14.6. The molecule has 0 spiro atoms. The molecular formula is C18H24O3. The largest absolute Gasteiger partial charge is 0.459 e. The molecular weight excluding hydrogens is 264 g/mol. The van der Waals surface area contributed by atoms with Crippen LogP contribution in [-0.2, 0) is 9.53 Å². The average Bonchev–Trinajstić information content (AvgIpc) is 3.00. The molecule has 3 rings (SSSR count). The molecule has 0 radical (unpaired) electrons. The maximum atomic E-state index is 12.5. The second kappa shape index (κ2) is 6.61. The molecule has 2 saturated carbocycles. The Balaban J connectivity index is 1.66. The van der Waals surface area contributed by atoms with E-state index < -0.39 is 6.10 Å². The summed E-state index contributed by atoms with van der Waals surface area (Å²) in [6.07, 6.45) is 5.90. The number of hydrogen-bond acceptors (Lipinski definition) is 3. The average molecular weight is 288 g/mol. The lowest BCUT2D eigenvalue weighted by atomic mass is 9.88. The maximum Gasteiger partial charge on any atom is 0.309 e. The van der Waals surface area contributed by atoms with Crippen LogP contribution in [0.25, 0.3) is 0 Å². The molecule has 0 unspecified atom stereocenters. The lowest BCUT2D eigenvalue weighted by Crippen LogP contribution is -2.36. The van der Waals surface area contributed by atoms with Crippen molar-refractivity contribution >= 4 is 5.97 Å². The zero-order chi connectivity index (χ0) is 14.7. The SMILES string of the molecule is O=C(O[C@@H]1CCCC[C@H]1O)[C@H]1CCC[C@@H]1c1ccccc1. The van der Waals surface area contributed by atoms with E-state index in [0.717, 1.165) is 44.9 Å². The number of carbonyl (C=O) groups is 1. The highest BCUT2D eigenvalue weighted by molar-refractivity contribution is 5.74. The molecule has 0 aliphatic heterocycles. The molecule has 0 heterocycles. The van der Waals surface area contributed by atoms with Crippen molar-refractivity contribution in [3.63, 3.8) is 0 Å². The Morgan fingerprint density at radius 2 is 1.76 bits per heavy atom. The van der Waals surface area contributed by atoms with Gasteiger partial charge in [0.1, 0.15) is 6.10 Å². The summed E-state index contributed by atoms with van der Waals surface area (Å²) in [5.74, 6) is 0.133. The standard InChI is InChI=1S/C18H24O3/c19-16-11-4-5-12-17(16)21-18(20)15-10-6-9-14(15)13-7-2-1-3-8-13/h1-3,7-8,14-17,19H,4-6,9-12H2/t14-,15+,16-,17-/m1/s1. The number of rotatable bonds is 3. The summed E-state index contributed by atoms with van der Waals surface area (Å²) in [5, 5.41) is 9.97. The molecule has 2 aliphatic carbocycles. The van der Waals surface area contributed by atoms with Gasteiger partial charge in [0, 0.05) is 0 Å². The van der Waals surface area contributed by atoms with Gasteiger partial charge < -0.3 is 9.84 Å². The molecule has 2 aliphatic rings. The highest BCUT2D eigenvalue weighted by atomic mass is 16.6. The Morgan fingerprint density at radius 3 is 2.52 bits per heavy atom. The second-order valence-corrected chi connectivity index (χ2v) is 6.38. The highest BCUT2D eigenvalue weighted by Crippen LogP contribution is 2.40. The van der Waals surface area contributed by atoms with Gasteiger partial charge in [0.15, 0.2) is 0 Å². The van der Waals surface area contributed by atoms with Gasteiger partial charge >= 0.3 is 5.97 Å². The smallest absolute Gasteiger partial charge is 0.309 e. The Kier molecular flexibility index (Phi) is 4.59. The normalized spacial score (nSPS) is 32.8. The quantitative estimate of drug-likeness (QED) is 0.867. The van der Waals surface area contributed by atoms with Gasteiger partial charge in [0.05, 0.1) is 12.0 Å². The van der Waals surface area contributed by atoms with Gasteiger partial charge in [0.2, 0.25) is 0 Å². The zero-order valence-corrected chi connectivity index (χ0v) is 12.4. The minimum Gasteiger partial charge on any atom is -0.459 e. The molecule has 1 aromatic rings. The van der Waals surface area contributed by atoms with Gasteiger partial charge in [-0.05, 0) is 43.6 Å². The van der Waals surface area contributed by atoms with Crippen molar-refractivity contribution in [2.75, 3.05) is 0 Å². The van der Waals surface area contributed by atoms with Gasteiger partial charge in [-0.25, -0.2) is 0 Å². The Labute approximate surface area is 126 Å². The van der Waals surface area contributed by atoms with E-state index in [9.17, 15) is 9.90 Å². The van der Waals surface area contributed by atoms with E-state index >= 15 is 0 Å². The van der Waals surface area contributed by atoms with Crippen LogP contribution < -0.4 is 0 Å². The van der Waals surface area contributed by atoms with E-state index in [0.29, 0.717) is 0 Å². The minimum atomic E-state index is -0.473. The molecule has 4 atom stereocenters. The number of aliphatic hydroxyl groups excluding tert-OH is 1. The third kappa shape index (κ3) is 3.29. The van der Waals surface area contributed by atoms with Gasteiger partial charge in [-0.3, -0.25) is 4.79 Å². The van der Waals surface area contributed by atoms with Crippen molar-refractivity contribution in [2.24, 2.45) is 5.92 Å². The van der Waals surface area contributed by atoms with Crippen molar-refractivity contribution in [2.45, 2.75) is 63.1 Å². The van der Waals surface area contributed by atoms with E-state index in [1.54, 1.807) is 0 Å². The molecule has 0 saturated heterocycles. The third-order valence-electron chi connectivity index (χ3n) is 4.98. The number of carbonyl (C=O) groups excluding carboxylic acids is 1. The number of esters is 1. The fourth-order valence-corrected chi connectivity index (χ4v) is 3.79. The summed E-state index contributed by atoms with van der Waals surface area (Å²) >= 11 is 0. The van der Waals surface area contributed by atoms with Crippen molar-refractivity contribution in [1.29, 1.82) is 0 Å². The molecule has 0 bridgehead atoms. The summed E-state index contributed by atoms with van der Waals surface area (Å²) in [7, 11) is 0. The number of ether oxygens (including phenoxy) is 1. The van der Waals surface area contributed by atoms with Crippen LogP contribution in [0.4, 0.5) is 0 Å². The van der Waals surface area contributed by atoms with E-state index in [2.05, 4.69) is 12.1 Å². The van der Waals surface area contributed by atoms with Crippen LogP contribution in [0.1, 0.15) is 56.4 Å². The van der Waals surface area contributed by atoms with Gasteiger partial charge in [-0.2, -0.15) is 0 Å². The maximum absolute atomic E-state index is 12.5. The summed E-state index contributed by atoms with van der Waals surface area (Å²) in [4.78, 5) is 12.5. The van der Waals surface area contributed by atoms with Crippen LogP contribution in [0.5, 0.6) is 0 Å². The lowest BCUT2D eigenvalue weighted by molar-refractivity contribution is -0.162. The number of hydrogen-bond donors (Lipinski definition) is 1. The monoisotopic (exact) mass is 288 g/mol. The van der Waals surface area contributed by atoms with E-state index in [-0.39, 0.29) is 23.9 Å². The Hall–Kier alpha value is -1.35. The van der Waals surface area contributed by atoms with Crippen molar-refractivity contribution < 1.29 is 14.6 Å². The molecule has 3 heteroatoms. The van der Waals surface area contributed by atoms with E-state index in [1.807, 2.05) is 18.2 Å². The fraction of sp³-hybridized carbons (Fsp3) is 0.611. The van der Waals surface area contributed by atoms with Gasteiger partial charge in [-0.1, -0.05) is 43.2 Å². The minimum absolute atomic E-state index is 0.0403.